The van der Waals surface area contributed by atoms with Crippen molar-refractivity contribution in [3.05, 3.63) is 24.3 Å². The first kappa shape index (κ1) is 16.7. The van der Waals surface area contributed by atoms with Gasteiger partial charge in [0.2, 0.25) is 5.91 Å². The van der Waals surface area contributed by atoms with Crippen molar-refractivity contribution in [1.29, 1.82) is 0 Å². The molecule has 1 N–H and O–H groups in total. The minimum absolute atomic E-state index is 0.0315. The van der Waals surface area contributed by atoms with E-state index in [1.807, 2.05) is 0 Å². The van der Waals surface area contributed by atoms with Crippen molar-refractivity contribution in [2.24, 2.45) is 0 Å². The van der Waals surface area contributed by atoms with Gasteiger partial charge in [-0.2, -0.15) is 0 Å². The molecule has 0 radical (unpaired) electrons. The predicted molar refractivity (Wildman–Crippen MR) is 78.5 cm³/mol. The summed E-state index contributed by atoms with van der Waals surface area (Å²) < 4.78 is 29.3. The molecule has 1 aromatic rings. The van der Waals surface area contributed by atoms with Crippen LogP contribution in [0.2, 0.25) is 0 Å². The highest BCUT2D eigenvalue weighted by Crippen LogP contribution is 2.15. The number of carbonyl (C=O) groups is 1. The normalized spacial score (nSPS) is 11.3. The average molecular weight is 299 g/mol. The molecule has 0 aliphatic carbocycles. The first-order valence-electron chi connectivity index (χ1n) is 6.64. The van der Waals surface area contributed by atoms with Crippen molar-refractivity contribution < 1.29 is 17.9 Å². The Morgan fingerprint density at radius 1 is 1.20 bits per heavy atom. The number of carbonyl (C=O) groups excluding carboxylic acids is 1. The van der Waals surface area contributed by atoms with Crippen LogP contribution in [-0.4, -0.2) is 33.3 Å². The predicted octanol–water partition coefficient (Wildman–Crippen LogP) is 2.24. The van der Waals surface area contributed by atoms with E-state index in [1.165, 1.54) is 19.1 Å². The molecule has 1 rings (SSSR count). The molecule has 0 heterocycles. The van der Waals surface area contributed by atoms with Gasteiger partial charge >= 0.3 is 0 Å². The van der Waals surface area contributed by atoms with E-state index < -0.39 is 9.84 Å². The highest BCUT2D eigenvalue weighted by Gasteiger charge is 2.14. The van der Waals surface area contributed by atoms with Gasteiger partial charge in [0.25, 0.3) is 0 Å². The summed E-state index contributed by atoms with van der Waals surface area (Å²) in [5.41, 5.74) is 0.579. The van der Waals surface area contributed by atoms with Crippen molar-refractivity contribution in [2.45, 2.75) is 31.6 Å². The lowest BCUT2D eigenvalue weighted by molar-refractivity contribution is -0.114. The molecule has 6 heteroatoms. The second kappa shape index (κ2) is 8.01. The zero-order valence-corrected chi connectivity index (χ0v) is 12.7. The molecule has 0 saturated heterocycles. The number of anilines is 1. The maximum atomic E-state index is 12.0. The van der Waals surface area contributed by atoms with Gasteiger partial charge in [-0.25, -0.2) is 8.42 Å². The fourth-order valence-corrected chi connectivity index (χ4v) is 2.71. The lowest BCUT2D eigenvalue weighted by Crippen LogP contribution is -2.13. The number of amides is 1. The third-order valence-electron chi connectivity index (χ3n) is 2.67. The van der Waals surface area contributed by atoms with Gasteiger partial charge < -0.3 is 10.1 Å². The van der Waals surface area contributed by atoms with E-state index in [4.69, 9.17) is 4.74 Å². The molecular formula is C14H21NO4S. The van der Waals surface area contributed by atoms with Gasteiger partial charge in [0.15, 0.2) is 9.84 Å². The maximum absolute atomic E-state index is 12.0. The van der Waals surface area contributed by atoms with Gasteiger partial charge in [-0.15, -0.1) is 0 Å². The summed E-state index contributed by atoms with van der Waals surface area (Å²) in [5, 5.41) is 2.59. The van der Waals surface area contributed by atoms with Gasteiger partial charge in [0, 0.05) is 19.2 Å². The highest BCUT2D eigenvalue weighted by atomic mass is 32.2. The van der Waals surface area contributed by atoms with Crippen LogP contribution in [0.3, 0.4) is 0 Å². The topological polar surface area (TPSA) is 72.5 Å². The van der Waals surface area contributed by atoms with Crippen LogP contribution in [0.25, 0.3) is 0 Å². The van der Waals surface area contributed by atoms with Crippen molar-refractivity contribution in [2.75, 3.05) is 24.3 Å². The van der Waals surface area contributed by atoms with Crippen LogP contribution in [0.15, 0.2) is 29.2 Å². The molecule has 5 nitrogen and oxygen atoms in total. The monoisotopic (exact) mass is 299 g/mol. The summed E-state index contributed by atoms with van der Waals surface area (Å²) in [5.74, 6) is -0.221. The zero-order chi connectivity index (χ0) is 15.0. The Balaban J connectivity index is 2.56. The summed E-state index contributed by atoms with van der Waals surface area (Å²) >= 11 is 0. The molecule has 0 spiro atoms. The number of ether oxygens (including phenoxy) is 1. The fourth-order valence-electron chi connectivity index (χ4n) is 1.58. The van der Waals surface area contributed by atoms with E-state index in [0.717, 1.165) is 12.8 Å². The van der Waals surface area contributed by atoms with Crippen LogP contribution >= 0.6 is 0 Å². The minimum atomic E-state index is -3.33. The smallest absolute Gasteiger partial charge is 0.221 e. The van der Waals surface area contributed by atoms with E-state index in [2.05, 4.69) is 12.2 Å². The van der Waals surface area contributed by atoms with Crippen molar-refractivity contribution in [3.63, 3.8) is 0 Å². The lowest BCUT2D eigenvalue weighted by Gasteiger charge is -2.07. The molecule has 0 bridgehead atoms. The van der Waals surface area contributed by atoms with E-state index in [0.29, 0.717) is 12.3 Å². The quantitative estimate of drug-likeness (QED) is 0.747. The zero-order valence-electron chi connectivity index (χ0n) is 11.9. The summed E-state index contributed by atoms with van der Waals surface area (Å²) in [4.78, 5) is 11.1. The Morgan fingerprint density at radius 3 is 2.40 bits per heavy atom. The number of rotatable bonds is 8. The van der Waals surface area contributed by atoms with Crippen LogP contribution < -0.4 is 5.32 Å². The molecule has 0 atom stereocenters. The van der Waals surface area contributed by atoms with Gasteiger partial charge in [-0.3, -0.25) is 4.79 Å². The summed E-state index contributed by atoms with van der Waals surface area (Å²) in [6, 6.07) is 6.14. The summed E-state index contributed by atoms with van der Waals surface area (Å²) in [7, 11) is -3.33. The van der Waals surface area contributed by atoms with E-state index in [-0.39, 0.29) is 23.2 Å². The molecular weight excluding hydrogens is 278 g/mol. The fraction of sp³-hybridized carbons (Fsp3) is 0.500. The number of unbranched alkanes of at least 4 members (excludes halogenated alkanes) is 1. The van der Waals surface area contributed by atoms with Gasteiger partial charge in [-0.05, 0) is 30.7 Å². The Bertz CT molecular complexity index is 523. The third kappa shape index (κ3) is 5.71. The molecule has 0 aliphatic heterocycles. The molecule has 112 valence electrons. The molecule has 0 fully saturated rings. The minimum Gasteiger partial charge on any atom is -0.380 e. The second-order valence-corrected chi connectivity index (χ2v) is 6.60. The van der Waals surface area contributed by atoms with Crippen LogP contribution in [0.5, 0.6) is 0 Å². The Hall–Kier alpha value is -1.40. The molecule has 0 aromatic heterocycles. The Morgan fingerprint density at radius 2 is 1.85 bits per heavy atom. The number of nitrogens with one attached hydrogen (secondary N) is 1. The number of sulfone groups is 1. The van der Waals surface area contributed by atoms with E-state index in [1.54, 1.807) is 12.1 Å². The second-order valence-electron chi connectivity index (χ2n) is 4.49. The first-order chi connectivity index (χ1) is 9.45. The summed E-state index contributed by atoms with van der Waals surface area (Å²) in [6.45, 7) is 4.25. The van der Waals surface area contributed by atoms with Crippen LogP contribution in [0.1, 0.15) is 26.7 Å². The molecule has 1 amide bonds. The lowest BCUT2D eigenvalue weighted by atomic mass is 10.3. The number of benzene rings is 1. The standard InChI is InChI=1S/C14H21NO4S/c1-3-4-9-19-10-11-20(17,18)14-7-5-13(6-8-14)15-12(2)16/h5-8H,3-4,9-11H2,1-2H3,(H,15,16). The first-order valence-corrected chi connectivity index (χ1v) is 8.29. The van der Waals surface area contributed by atoms with Gasteiger partial charge in [0.05, 0.1) is 17.3 Å². The maximum Gasteiger partial charge on any atom is 0.221 e. The van der Waals surface area contributed by atoms with E-state index in [9.17, 15) is 13.2 Å². The van der Waals surface area contributed by atoms with Crippen molar-refractivity contribution >= 4 is 21.4 Å². The van der Waals surface area contributed by atoms with Gasteiger partial charge in [-0.1, -0.05) is 13.3 Å². The van der Waals surface area contributed by atoms with Crippen molar-refractivity contribution in [3.8, 4) is 0 Å². The molecule has 1 aromatic carbocycles. The molecule has 0 unspecified atom stereocenters. The molecule has 20 heavy (non-hydrogen) atoms. The largest absolute Gasteiger partial charge is 0.380 e. The van der Waals surface area contributed by atoms with E-state index >= 15 is 0 Å². The third-order valence-corrected chi connectivity index (χ3v) is 4.37. The highest BCUT2D eigenvalue weighted by molar-refractivity contribution is 7.91. The number of hydrogen-bond acceptors (Lipinski definition) is 4. The Labute approximate surface area is 120 Å². The SMILES string of the molecule is CCCCOCCS(=O)(=O)c1ccc(NC(C)=O)cc1. The van der Waals surface area contributed by atoms with Crippen LogP contribution in [0.4, 0.5) is 5.69 Å². The van der Waals surface area contributed by atoms with Crippen molar-refractivity contribution in [1.82, 2.24) is 0 Å². The van der Waals surface area contributed by atoms with Gasteiger partial charge in [0.1, 0.15) is 0 Å². The van der Waals surface area contributed by atoms with Crippen LogP contribution in [-0.2, 0) is 19.4 Å². The average Bonchev–Trinajstić information content (AvgIpc) is 2.38. The summed E-state index contributed by atoms with van der Waals surface area (Å²) in [6.07, 6.45) is 1.96. The Kier molecular flexibility index (Phi) is 6.67. The van der Waals surface area contributed by atoms with Crippen LogP contribution in [0, 0.1) is 0 Å². The molecule has 0 saturated carbocycles. The molecule has 0 aliphatic rings. The number of hydrogen-bond donors (Lipinski definition) is 1.